The van der Waals surface area contributed by atoms with Gasteiger partial charge in [-0.05, 0) is 48.9 Å². The quantitative estimate of drug-likeness (QED) is 0.764. The van der Waals surface area contributed by atoms with Gasteiger partial charge in [0, 0.05) is 12.1 Å². The Morgan fingerprint density at radius 3 is 2.22 bits per heavy atom. The Hall–Kier alpha value is -2.75. The van der Waals surface area contributed by atoms with E-state index in [4.69, 9.17) is 0 Å². The number of nitrogens with one attached hydrogen (secondary N) is 2. The molecule has 0 bridgehead atoms. The zero-order valence-electron chi connectivity index (χ0n) is 14.4. The number of carbonyl (C=O) groups is 1. The van der Waals surface area contributed by atoms with Gasteiger partial charge in [-0.2, -0.15) is 0 Å². The summed E-state index contributed by atoms with van der Waals surface area (Å²) >= 11 is 0. The van der Waals surface area contributed by atoms with E-state index < -0.39 is 22.1 Å². The number of carbonyl (C=O) groups excluding carboxylic acids is 1. The van der Waals surface area contributed by atoms with E-state index >= 15 is 0 Å². The molecule has 0 radical (unpaired) electrons. The van der Waals surface area contributed by atoms with Crippen molar-refractivity contribution in [2.45, 2.75) is 31.5 Å². The van der Waals surface area contributed by atoms with Crippen molar-refractivity contribution in [3.8, 4) is 5.75 Å². The second-order valence-electron chi connectivity index (χ2n) is 5.50. The van der Waals surface area contributed by atoms with Gasteiger partial charge in [0.05, 0.1) is 10.6 Å². The predicted octanol–water partition coefficient (Wildman–Crippen LogP) is 4.04. The van der Waals surface area contributed by atoms with Crippen molar-refractivity contribution in [1.82, 2.24) is 0 Å². The third-order valence-corrected chi connectivity index (χ3v) is 4.92. The van der Waals surface area contributed by atoms with Gasteiger partial charge in [-0.15, -0.1) is 13.2 Å². The molecular weight excluding hydrogens is 385 g/mol. The van der Waals surface area contributed by atoms with Gasteiger partial charge >= 0.3 is 6.36 Å². The normalized spacial score (nSPS) is 11.7. The Bertz CT molecular complexity index is 926. The van der Waals surface area contributed by atoms with E-state index in [1.807, 2.05) is 0 Å². The lowest BCUT2D eigenvalue weighted by Gasteiger charge is -2.14. The summed E-state index contributed by atoms with van der Waals surface area (Å²) in [6.07, 6.45) is -4.60. The maximum absolute atomic E-state index is 12.5. The van der Waals surface area contributed by atoms with Crippen LogP contribution in [0, 0.1) is 6.92 Å². The van der Waals surface area contributed by atoms with Crippen LogP contribution in [-0.2, 0) is 14.8 Å². The molecule has 2 aromatic carbocycles. The molecule has 0 atom stereocenters. The molecule has 10 heteroatoms. The van der Waals surface area contributed by atoms with E-state index in [9.17, 15) is 26.4 Å². The van der Waals surface area contributed by atoms with Gasteiger partial charge in [0.25, 0.3) is 10.0 Å². The topological polar surface area (TPSA) is 84.5 Å². The summed E-state index contributed by atoms with van der Waals surface area (Å²) in [6, 6.07) is 8.53. The zero-order valence-corrected chi connectivity index (χ0v) is 15.2. The molecule has 0 aliphatic rings. The van der Waals surface area contributed by atoms with Gasteiger partial charge in [-0.3, -0.25) is 9.52 Å². The fraction of sp³-hybridized carbons (Fsp3) is 0.235. The van der Waals surface area contributed by atoms with E-state index in [2.05, 4.69) is 14.8 Å². The molecule has 0 spiro atoms. The monoisotopic (exact) mass is 402 g/mol. The molecule has 1 amide bonds. The smallest absolute Gasteiger partial charge is 0.406 e. The average Bonchev–Trinajstić information content (AvgIpc) is 2.57. The Labute approximate surface area is 154 Å². The van der Waals surface area contributed by atoms with Crippen LogP contribution in [0.15, 0.2) is 47.4 Å². The van der Waals surface area contributed by atoms with Gasteiger partial charge in [0.1, 0.15) is 5.75 Å². The lowest BCUT2D eigenvalue weighted by Crippen LogP contribution is -2.17. The summed E-state index contributed by atoms with van der Waals surface area (Å²) in [7, 11) is -4.05. The van der Waals surface area contributed by atoms with E-state index in [0.29, 0.717) is 11.3 Å². The number of hydrogen-bond acceptors (Lipinski definition) is 4. The molecule has 0 aromatic heterocycles. The molecule has 146 valence electrons. The Morgan fingerprint density at radius 2 is 1.67 bits per heavy atom. The maximum atomic E-state index is 12.5. The van der Waals surface area contributed by atoms with Crippen LogP contribution in [0.2, 0.25) is 0 Å². The number of halogens is 3. The van der Waals surface area contributed by atoms with Gasteiger partial charge in [-0.1, -0.05) is 13.0 Å². The summed E-state index contributed by atoms with van der Waals surface area (Å²) in [5.41, 5.74) is 1.19. The van der Waals surface area contributed by atoms with Crippen molar-refractivity contribution in [3.05, 3.63) is 48.0 Å². The van der Waals surface area contributed by atoms with Crippen molar-refractivity contribution in [2.24, 2.45) is 0 Å². The van der Waals surface area contributed by atoms with Crippen molar-refractivity contribution in [1.29, 1.82) is 0 Å². The third kappa shape index (κ3) is 5.61. The van der Waals surface area contributed by atoms with Crippen LogP contribution >= 0.6 is 0 Å². The molecule has 0 unspecified atom stereocenters. The number of hydrogen-bond donors (Lipinski definition) is 2. The van der Waals surface area contributed by atoms with Crippen LogP contribution in [0.25, 0.3) is 0 Å². The lowest BCUT2D eigenvalue weighted by atomic mass is 10.1. The van der Waals surface area contributed by atoms with E-state index in [0.717, 1.165) is 24.3 Å². The van der Waals surface area contributed by atoms with Crippen LogP contribution in [0.5, 0.6) is 5.75 Å². The average molecular weight is 402 g/mol. The van der Waals surface area contributed by atoms with Gasteiger partial charge < -0.3 is 10.1 Å². The van der Waals surface area contributed by atoms with Gasteiger partial charge in [-0.25, -0.2) is 8.42 Å². The number of benzene rings is 2. The number of sulfonamides is 1. The molecule has 6 nitrogen and oxygen atoms in total. The van der Waals surface area contributed by atoms with Crippen molar-refractivity contribution in [2.75, 3.05) is 10.0 Å². The molecular formula is C17H17F3N2O4S. The molecule has 0 heterocycles. The van der Waals surface area contributed by atoms with E-state index in [1.165, 1.54) is 6.07 Å². The zero-order chi connectivity index (χ0) is 20.2. The first kappa shape index (κ1) is 20.6. The molecule has 0 saturated heterocycles. The number of amides is 1. The first-order valence-electron chi connectivity index (χ1n) is 7.80. The third-order valence-electron chi connectivity index (χ3n) is 3.54. The van der Waals surface area contributed by atoms with Crippen molar-refractivity contribution >= 4 is 27.3 Å². The van der Waals surface area contributed by atoms with Gasteiger partial charge in [0.15, 0.2) is 0 Å². The minimum atomic E-state index is -4.86. The highest BCUT2D eigenvalue weighted by atomic mass is 32.2. The van der Waals surface area contributed by atoms with Gasteiger partial charge in [0.2, 0.25) is 5.91 Å². The number of ether oxygens (including phenoxy) is 1. The van der Waals surface area contributed by atoms with Crippen molar-refractivity contribution in [3.63, 3.8) is 0 Å². The molecule has 2 N–H and O–H groups in total. The van der Waals surface area contributed by atoms with E-state index in [-0.39, 0.29) is 22.9 Å². The highest BCUT2D eigenvalue weighted by Crippen LogP contribution is 2.27. The fourth-order valence-electron chi connectivity index (χ4n) is 2.14. The van der Waals surface area contributed by atoms with Crippen LogP contribution in [0.4, 0.5) is 24.5 Å². The maximum Gasteiger partial charge on any atom is 0.573 e. The second kappa shape index (κ2) is 7.87. The van der Waals surface area contributed by atoms with E-state index in [1.54, 1.807) is 26.0 Å². The molecule has 2 aromatic rings. The summed E-state index contributed by atoms with van der Waals surface area (Å²) in [5, 5.41) is 2.66. The molecule has 2 rings (SSSR count). The second-order valence-corrected chi connectivity index (χ2v) is 7.19. The SMILES string of the molecule is CCC(=O)Nc1cccc(NS(=O)(=O)c2ccc(OC(F)(F)F)cc2)c1C. The fourth-order valence-corrected chi connectivity index (χ4v) is 3.27. The number of alkyl halides is 3. The van der Waals surface area contributed by atoms with Crippen LogP contribution < -0.4 is 14.8 Å². The molecule has 0 aliphatic heterocycles. The highest BCUT2D eigenvalue weighted by molar-refractivity contribution is 7.92. The lowest BCUT2D eigenvalue weighted by molar-refractivity contribution is -0.274. The number of anilines is 2. The Morgan fingerprint density at radius 1 is 1.07 bits per heavy atom. The Kier molecular flexibility index (Phi) is 5.99. The first-order valence-corrected chi connectivity index (χ1v) is 9.28. The minimum absolute atomic E-state index is 0.224. The summed E-state index contributed by atoms with van der Waals surface area (Å²) < 4.78 is 67.6. The standard InChI is InChI=1S/C17H17F3N2O4S/c1-3-16(23)21-14-5-4-6-15(11(14)2)22-27(24,25)13-9-7-12(8-10-13)26-17(18,19)20/h4-10,22H,3H2,1-2H3,(H,21,23). The largest absolute Gasteiger partial charge is 0.573 e. The highest BCUT2D eigenvalue weighted by Gasteiger charge is 2.31. The van der Waals surface area contributed by atoms with Crippen molar-refractivity contribution < 1.29 is 31.1 Å². The molecule has 0 fully saturated rings. The minimum Gasteiger partial charge on any atom is -0.406 e. The summed E-state index contributed by atoms with van der Waals surface area (Å²) in [4.78, 5) is 11.3. The summed E-state index contributed by atoms with van der Waals surface area (Å²) in [5.74, 6) is -0.750. The Balaban J connectivity index is 2.23. The molecule has 27 heavy (non-hydrogen) atoms. The van der Waals surface area contributed by atoms with Crippen LogP contribution in [0.3, 0.4) is 0 Å². The predicted molar refractivity (Wildman–Crippen MR) is 94.0 cm³/mol. The summed E-state index contributed by atoms with van der Waals surface area (Å²) in [6.45, 7) is 3.31. The van der Waals surface area contributed by atoms with Crippen LogP contribution in [-0.4, -0.2) is 20.7 Å². The molecule has 0 aliphatic carbocycles. The first-order chi connectivity index (χ1) is 12.5. The number of rotatable bonds is 6. The molecule has 0 saturated carbocycles. The van der Waals surface area contributed by atoms with Crippen LogP contribution in [0.1, 0.15) is 18.9 Å².